The molecule has 41 heavy (non-hydrogen) atoms. The van der Waals surface area contributed by atoms with Crippen LogP contribution in [0.3, 0.4) is 0 Å². The van der Waals surface area contributed by atoms with E-state index < -0.39 is 53.0 Å². The number of halogens is 4. The molecule has 11 heteroatoms. The van der Waals surface area contributed by atoms with Crippen molar-refractivity contribution in [3.05, 3.63) is 59.0 Å². The van der Waals surface area contributed by atoms with Crippen LogP contribution in [0.25, 0.3) is 0 Å². The molecule has 1 aromatic heterocycles. The second-order valence-electron chi connectivity index (χ2n) is 12.0. The highest BCUT2D eigenvalue weighted by Gasteiger charge is 2.58. The number of carbonyl (C=O) groups excluding carboxylic acids is 1. The molecule has 0 unspecified atom stereocenters. The minimum atomic E-state index is -4.62. The van der Waals surface area contributed by atoms with Crippen LogP contribution in [0.5, 0.6) is 5.88 Å². The molecule has 0 spiro atoms. The Morgan fingerprint density at radius 2 is 1.73 bits per heavy atom. The number of carboxylic acids is 1. The van der Waals surface area contributed by atoms with Crippen LogP contribution >= 0.6 is 0 Å². The maximum absolute atomic E-state index is 14.1. The van der Waals surface area contributed by atoms with Crippen molar-refractivity contribution < 1.29 is 37.0 Å². The number of aromatic nitrogens is 1. The topological polar surface area (TPSA) is 91.8 Å². The second-order valence-corrected chi connectivity index (χ2v) is 12.0. The number of ether oxygens (including phenoxy) is 1. The number of benzene rings is 1. The molecule has 1 saturated carbocycles. The Labute approximate surface area is 237 Å². The monoisotopic (exact) mass is 579 g/mol. The molecule has 0 bridgehead atoms. The number of rotatable bonds is 7. The molecular weight excluding hydrogens is 542 g/mol. The molecule has 0 radical (unpaired) electrons. The maximum atomic E-state index is 14.1. The minimum absolute atomic E-state index is 0.000870. The highest BCUT2D eigenvalue weighted by molar-refractivity contribution is 5.87. The van der Waals surface area contributed by atoms with Gasteiger partial charge in [-0.25, -0.2) is 14.2 Å². The van der Waals surface area contributed by atoms with E-state index in [1.165, 1.54) is 36.3 Å². The lowest BCUT2D eigenvalue weighted by atomic mass is 9.72. The number of amides is 1. The number of hydrogen-bond donors (Lipinski definition) is 2. The van der Waals surface area contributed by atoms with Crippen LogP contribution in [-0.4, -0.2) is 46.1 Å². The largest absolute Gasteiger partial charge is 0.481 e. The molecule has 2 fully saturated rings. The summed E-state index contributed by atoms with van der Waals surface area (Å²) in [6.45, 7) is 5.51. The van der Waals surface area contributed by atoms with E-state index in [1.807, 2.05) is 20.8 Å². The van der Waals surface area contributed by atoms with E-state index in [-0.39, 0.29) is 29.8 Å². The Balaban J connectivity index is 1.82. The third kappa shape index (κ3) is 6.50. The van der Waals surface area contributed by atoms with E-state index in [4.69, 9.17) is 4.74 Å². The molecule has 224 valence electrons. The van der Waals surface area contributed by atoms with Crippen molar-refractivity contribution >= 4 is 11.9 Å². The third-order valence-electron chi connectivity index (χ3n) is 8.31. The van der Waals surface area contributed by atoms with Crippen molar-refractivity contribution in [2.75, 3.05) is 7.11 Å². The van der Waals surface area contributed by atoms with E-state index >= 15 is 0 Å². The van der Waals surface area contributed by atoms with E-state index in [2.05, 4.69) is 10.3 Å². The molecule has 2 aromatic rings. The number of methoxy groups -OCH3 is 1. The highest BCUT2D eigenvalue weighted by atomic mass is 19.4. The van der Waals surface area contributed by atoms with Gasteiger partial charge in [0, 0.05) is 36.2 Å². The molecule has 2 N–H and O–H groups in total. The average molecular weight is 580 g/mol. The smallest absolute Gasteiger partial charge is 0.417 e. The van der Waals surface area contributed by atoms with Gasteiger partial charge in [0.15, 0.2) is 0 Å². The molecule has 1 aliphatic heterocycles. The molecule has 1 aliphatic carbocycles. The summed E-state index contributed by atoms with van der Waals surface area (Å²) in [7, 11) is 1.30. The number of pyridine rings is 1. The molecule has 4 atom stereocenters. The van der Waals surface area contributed by atoms with E-state index in [1.54, 1.807) is 0 Å². The SMILES string of the molecule is COc1ncc(C(F)(F)F)cc1CN[C@H]1[C@H](C(C)(C)C)[C@@H](C(=O)O)N(C(=O)C2CCCCC2)[C@H]1c1ccc(F)cc1. The number of likely N-dealkylation sites (tertiary alicyclic amines) is 1. The fourth-order valence-corrected chi connectivity index (χ4v) is 6.49. The lowest BCUT2D eigenvalue weighted by Gasteiger charge is -2.36. The first kappa shape index (κ1) is 30.7. The Morgan fingerprint density at radius 3 is 2.27 bits per heavy atom. The molecule has 2 heterocycles. The van der Waals surface area contributed by atoms with E-state index in [0.29, 0.717) is 24.6 Å². The Bertz CT molecular complexity index is 1240. The van der Waals surface area contributed by atoms with Gasteiger partial charge in [0.1, 0.15) is 11.9 Å². The Kier molecular flexibility index (Phi) is 8.96. The van der Waals surface area contributed by atoms with Crippen molar-refractivity contribution in [3.8, 4) is 5.88 Å². The normalized spacial score (nSPS) is 24.0. The molecule has 1 amide bonds. The van der Waals surface area contributed by atoms with Gasteiger partial charge in [-0.1, -0.05) is 52.2 Å². The summed E-state index contributed by atoms with van der Waals surface area (Å²) in [5, 5.41) is 13.9. The molecular formula is C30H37F4N3O4. The van der Waals surface area contributed by atoms with Gasteiger partial charge >= 0.3 is 12.1 Å². The van der Waals surface area contributed by atoms with Gasteiger partial charge in [0.25, 0.3) is 0 Å². The fraction of sp³-hybridized carbons (Fsp3) is 0.567. The van der Waals surface area contributed by atoms with Gasteiger partial charge in [-0.15, -0.1) is 0 Å². The van der Waals surface area contributed by atoms with Crippen LogP contribution in [0, 0.1) is 23.1 Å². The van der Waals surface area contributed by atoms with Gasteiger partial charge in [-0.3, -0.25) is 4.79 Å². The number of alkyl halides is 3. The lowest BCUT2D eigenvalue weighted by Crippen LogP contribution is -2.49. The van der Waals surface area contributed by atoms with Crippen LogP contribution in [0.4, 0.5) is 17.6 Å². The van der Waals surface area contributed by atoms with Gasteiger partial charge in [-0.2, -0.15) is 13.2 Å². The van der Waals surface area contributed by atoms with Crippen LogP contribution in [0.1, 0.15) is 75.6 Å². The zero-order valence-electron chi connectivity index (χ0n) is 23.7. The number of nitrogens with one attached hydrogen (secondary N) is 1. The standard InChI is InChI=1S/C30H37F4N3O4/c1-29(2,3)22-23(35-15-19-14-20(30(32,33)34)16-36-26(19)41-4)24(17-10-12-21(31)13-11-17)37(25(22)28(39)40)27(38)18-8-6-5-7-9-18/h10-14,16,18,22-25,35H,5-9,15H2,1-4H3,(H,39,40)/t22-,23-,24-,25-/m0/s1. The van der Waals surface area contributed by atoms with Gasteiger partial charge < -0.3 is 20.1 Å². The predicted molar refractivity (Wildman–Crippen MR) is 143 cm³/mol. The zero-order valence-corrected chi connectivity index (χ0v) is 23.7. The zero-order chi connectivity index (χ0) is 30.1. The summed E-state index contributed by atoms with van der Waals surface area (Å²) in [6.07, 6.45) is 0.138. The van der Waals surface area contributed by atoms with Crippen LogP contribution < -0.4 is 10.1 Å². The van der Waals surface area contributed by atoms with Crippen LogP contribution in [-0.2, 0) is 22.3 Å². The third-order valence-corrected chi connectivity index (χ3v) is 8.31. The molecule has 4 rings (SSSR count). The quantitative estimate of drug-likeness (QED) is 0.392. The van der Waals surface area contributed by atoms with Gasteiger partial charge in [0.05, 0.1) is 18.7 Å². The Morgan fingerprint density at radius 1 is 1.10 bits per heavy atom. The van der Waals surface area contributed by atoms with E-state index in [0.717, 1.165) is 25.3 Å². The average Bonchev–Trinajstić information content (AvgIpc) is 3.27. The van der Waals surface area contributed by atoms with Crippen LogP contribution in [0.2, 0.25) is 0 Å². The van der Waals surface area contributed by atoms with Crippen LogP contribution in [0.15, 0.2) is 36.5 Å². The second kappa shape index (κ2) is 12.0. The van der Waals surface area contributed by atoms with Gasteiger partial charge in [-0.05, 0) is 42.0 Å². The molecule has 2 aliphatic rings. The summed E-state index contributed by atoms with van der Waals surface area (Å²) in [5.74, 6) is -2.89. The summed E-state index contributed by atoms with van der Waals surface area (Å²) in [6, 6.07) is 3.82. The predicted octanol–water partition coefficient (Wildman–Crippen LogP) is 5.99. The first-order chi connectivity index (χ1) is 19.2. The summed E-state index contributed by atoms with van der Waals surface area (Å²) >= 11 is 0. The van der Waals surface area contributed by atoms with Crippen molar-refractivity contribution in [1.82, 2.24) is 15.2 Å². The summed E-state index contributed by atoms with van der Waals surface area (Å²) in [4.78, 5) is 32.3. The first-order valence-electron chi connectivity index (χ1n) is 13.9. The summed E-state index contributed by atoms with van der Waals surface area (Å²) < 4.78 is 59.7. The molecule has 1 saturated heterocycles. The number of nitrogens with zero attached hydrogens (tertiary/aromatic N) is 2. The molecule has 1 aromatic carbocycles. The van der Waals surface area contributed by atoms with E-state index in [9.17, 15) is 32.3 Å². The Hall–Kier alpha value is -3.21. The molecule has 7 nitrogen and oxygen atoms in total. The minimum Gasteiger partial charge on any atom is -0.481 e. The number of carbonyl (C=O) groups is 2. The van der Waals surface area contributed by atoms with Crippen molar-refractivity contribution in [2.24, 2.45) is 17.3 Å². The highest BCUT2D eigenvalue weighted by Crippen LogP contribution is 2.49. The lowest BCUT2D eigenvalue weighted by molar-refractivity contribution is -0.154. The number of carboxylic acid groups (broad SMARTS) is 1. The van der Waals surface area contributed by atoms with Crippen molar-refractivity contribution in [1.29, 1.82) is 0 Å². The van der Waals surface area contributed by atoms with Gasteiger partial charge in [0.2, 0.25) is 11.8 Å². The fourth-order valence-electron chi connectivity index (χ4n) is 6.49. The number of hydrogen-bond acceptors (Lipinski definition) is 5. The van der Waals surface area contributed by atoms with Crippen molar-refractivity contribution in [3.63, 3.8) is 0 Å². The number of aliphatic carboxylic acids is 1. The maximum Gasteiger partial charge on any atom is 0.417 e. The first-order valence-corrected chi connectivity index (χ1v) is 13.9. The van der Waals surface area contributed by atoms with Crippen molar-refractivity contribution in [2.45, 2.75) is 83.7 Å². The summed E-state index contributed by atoms with van der Waals surface area (Å²) in [5.41, 5.74) is -0.907.